The van der Waals surface area contributed by atoms with Crippen molar-refractivity contribution in [2.24, 2.45) is 0 Å². The third kappa shape index (κ3) is 1.91. The molecular formula is C12H6O6. The first-order valence-electron chi connectivity index (χ1n) is 4.85. The first kappa shape index (κ1) is 11.7. The number of Topliss-reactive ketones (excluding diaryl/α,β-unsaturated/α-hetero) is 1. The lowest BCUT2D eigenvalue weighted by atomic mass is 9.94. The first-order chi connectivity index (χ1) is 8.50. The summed E-state index contributed by atoms with van der Waals surface area (Å²) in [6.07, 6.45) is 0.811. The van der Waals surface area contributed by atoms with E-state index in [0.717, 1.165) is 6.08 Å². The normalized spacial score (nSPS) is 13.7. The summed E-state index contributed by atoms with van der Waals surface area (Å²) in [5.74, 6) is -5.24. The Labute approximate surface area is 100 Å². The molecule has 1 aliphatic rings. The number of carboxylic acids is 1. The highest BCUT2D eigenvalue weighted by molar-refractivity contribution is 6.31. The highest BCUT2D eigenvalue weighted by Crippen LogP contribution is 2.21. The molecule has 0 spiro atoms. The summed E-state index contributed by atoms with van der Waals surface area (Å²) < 4.78 is 4.34. The van der Waals surface area contributed by atoms with Crippen LogP contribution in [0, 0.1) is 0 Å². The number of carbonyl (C=O) groups excluding carboxylic acids is 3. The molecule has 18 heavy (non-hydrogen) atoms. The number of carbonyl (C=O) groups is 4. The maximum Gasteiger partial charge on any atom is 0.422 e. The predicted octanol–water partition coefficient (Wildman–Crippen LogP) is 0.577. The second-order valence-electron chi connectivity index (χ2n) is 3.44. The Morgan fingerprint density at radius 2 is 1.67 bits per heavy atom. The van der Waals surface area contributed by atoms with E-state index in [1.807, 2.05) is 0 Å². The molecule has 0 saturated heterocycles. The van der Waals surface area contributed by atoms with Gasteiger partial charge in [0.15, 0.2) is 11.5 Å². The van der Waals surface area contributed by atoms with Crippen molar-refractivity contribution in [1.82, 2.24) is 0 Å². The molecule has 0 atom stereocenters. The van der Waals surface area contributed by atoms with Crippen LogP contribution in [-0.4, -0.2) is 28.6 Å². The van der Waals surface area contributed by atoms with Gasteiger partial charge in [0, 0.05) is 17.2 Å². The summed E-state index contributed by atoms with van der Waals surface area (Å²) >= 11 is 0. The average molecular weight is 246 g/mol. The average Bonchev–Trinajstić information content (AvgIpc) is 2.35. The number of esters is 1. The molecular weight excluding hydrogens is 240 g/mol. The van der Waals surface area contributed by atoms with Gasteiger partial charge in [0.2, 0.25) is 5.78 Å². The van der Waals surface area contributed by atoms with E-state index in [4.69, 9.17) is 5.11 Å². The number of ether oxygens (including phenoxy) is 1. The Hall–Kier alpha value is -2.76. The van der Waals surface area contributed by atoms with E-state index in [9.17, 15) is 19.2 Å². The molecule has 1 aliphatic carbocycles. The van der Waals surface area contributed by atoms with Gasteiger partial charge in [0.1, 0.15) is 0 Å². The molecule has 90 valence electrons. The third-order valence-electron chi connectivity index (χ3n) is 2.30. The number of hydrogen-bond acceptors (Lipinski definition) is 5. The zero-order valence-corrected chi connectivity index (χ0v) is 8.88. The fraction of sp³-hybridized carbons (Fsp3) is 0. The Morgan fingerprint density at radius 1 is 1.06 bits per heavy atom. The van der Waals surface area contributed by atoms with Crippen molar-refractivity contribution >= 4 is 23.5 Å². The minimum atomic E-state index is -1.84. The van der Waals surface area contributed by atoms with Crippen LogP contribution in [0.4, 0.5) is 0 Å². The lowest BCUT2D eigenvalue weighted by Crippen LogP contribution is -2.23. The second kappa shape index (κ2) is 4.25. The van der Waals surface area contributed by atoms with Crippen LogP contribution in [0.15, 0.2) is 36.1 Å². The van der Waals surface area contributed by atoms with Crippen LogP contribution in [0.2, 0.25) is 0 Å². The van der Waals surface area contributed by atoms with E-state index in [-0.39, 0.29) is 11.1 Å². The van der Waals surface area contributed by atoms with Crippen molar-refractivity contribution < 1.29 is 29.0 Å². The Morgan fingerprint density at radius 3 is 2.28 bits per heavy atom. The highest BCUT2D eigenvalue weighted by atomic mass is 16.6. The predicted molar refractivity (Wildman–Crippen MR) is 56.9 cm³/mol. The van der Waals surface area contributed by atoms with Gasteiger partial charge < -0.3 is 9.84 Å². The lowest BCUT2D eigenvalue weighted by Gasteiger charge is -2.13. The number of benzene rings is 1. The van der Waals surface area contributed by atoms with Crippen molar-refractivity contribution in [2.75, 3.05) is 0 Å². The maximum absolute atomic E-state index is 11.8. The monoisotopic (exact) mass is 246 g/mol. The molecule has 1 aromatic rings. The molecule has 1 N–H and O–H groups in total. The minimum absolute atomic E-state index is 0.0817. The van der Waals surface area contributed by atoms with E-state index >= 15 is 0 Å². The molecule has 6 nitrogen and oxygen atoms in total. The fourth-order valence-electron chi connectivity index (χ4n) is 1.51. The molecule has 0 amide bonds. The summed E-state index contributed by atoms with van der Waals surface area (Å²) in [6, 6.07) is 6.00. The topological polar surface area (TPSA) is 97.7 Å². The number of fused-ring (bicyclic) bond motifs is 1. The van der Waals surface area contributed by atoms with Crippen molar-refractivity contribution in [3.63, 3.8) is 0 Å². The first-order valence-corrected chi connectivity index (χ1v) is 4.85. The van der Waals surface area contributed by atoms with E-state index in [1.54, 1.807) is 12.1 Å². The number of carboxylic acid groups (broad SMARTS) is 1. The number of allylic oxidation sites excluding steroid dienone is 2. The molecule has 0 aromatic heterocycles. The molecule has 6 heteroatoms. The molecule has 0 saturated carbocycles. The number of ketones is 2. The summed E-state index contributed by atoms with van der Waals surface area (Å²) in [5.41, 5.74) is 0.274. The van der Waals surface area contributed by atoms with Gasteiger partial charge in [-0.25, -0.2) is 9.59 Å². The Kier molecular flexibility index (Phi) is 2.77. The van der Waals surface area contributed by atoms with Crippen LogP contribution in [0.5, 0.6) is 0 Å². The number of rotatable bonds is 1. The van der Waals surface area contributed by atoms with Gasteiger partial charge in [0.05, 0.1) is 0 Å². The minimum Gasteiger partial charge on any atom is -0.473 e. The summed E-state index contributed by atoms with van der Waals surface area (Å²) in [6.45, 7) is 0. The molecule has 0 unspecified atom stereocenters. The molecule has 2 rings (SSSR count). The van der Waals surface area contributed by atoms with Crippen molar-refractivity contribution in [3.05, 3.63) is 47.2 Å². The van der Waals surface area contributed by atoms with Crippen LogP contribution in [0.1, 0.15) is 20.7 Å². The van der Waals surface area contributed by atoms with Gasteiger partial charge in [-0.1, -0.05) is 24.3 Å². The summed E-state index contributed by atoms with van der Waals surface area (Å²) in [7, 11) is 0. The molecule has 0 radical (unpaired) electrons. The number of aliphatic carboxylic acids is 1. The molecule has 0 heterocycles. The Balaban J connectivity index is 2.37. The van der Waals surface area contributed by atoms with Crippen LogP contribution in [-0.2, 0) is 14.3 Å². The number of hydrogen-bond donors (Lipinski definition) is 1. The van der Waals surface area contributed by atoms with Crippen molar-refractivity contribution in [1.29, 1.82) is 0 Å². The lowest BCUT2D eigenvalue weighted by molar-refractivity contribution is -0.160. The van der Waals surface area contributed by atoms with Gasteiger partial charge in [-0.15, -0.1) is 0 Å². The fourth-order valence-corrected chi connectivity index (χ4v) is 1.51. The Bertz CT molecular complexity index is 611. The quantitative estimate of drug-likeness (QED) is 0.574. The largest absolute Gasteiger partial charge is 0.473 e. The zero-order chi connectivity index (χ0) is 13.3. The van der Waals surface area contributed by atoms with Gasteiger partial charge in [-0.2, -0.15) is 0 Å². The molecule has 0 fully saturated rings. The van der Waals surface area contributed by atoms with Crippen LogP contribution >= 0.6 is 0 Å². The summed E-state index contributed by atoms with van der Waals surface area (Å²) in [5, 5.41) is 8.36. The second-order valence-corrected chi connectivity index (χ2v) is 3.44. The van der Waals surface area contributed by atoms with Gasteiger partial charge in [-0.05, 0) is 0 Å². The van der Waals surface area contributed by atoms with Crippen molar-refractivity contribution in [2.45, 2.75) is 0 Å². The van der Waals surface area contributed by atoms with E-state index in [1.165, 1.54) is 12.1 Å². The summed E-state index contributed by atoms with van der Waals surface area (Å²) in [4.78, 5) is 44.6. The molecule has 1 aromatic carbocycles. The third-order valence-corrected chi connectivity index (χ3v) is 2.30. The van der Waals surface area contributed by atoms with Crippen LogP contribution in [0.3, 0.4) is 0 Å². The van der Waals surface area contributed by atoms with Crippen LogP contribution in [0.25, 0.3) is 0 Å². The SMILES string of the molecule is O=C(O)C(=O)OC1=CC(=O)c2ccccc2C1=O. The van der Waals surface area contributed by atoms with Gasteiger partial charge >= 0.3 is 11.9 Å². The molecule has 0 bridgehead atoms. The standard InChI is InChI=1S/C12H6O6/c13-8-5-9(18-12(17)11(15)16)10(14)7-4-2-1-3-6(7)8/h1-5H,(H,15,16). The van der Waals surface area contributed by atoms with Gasteiger partial charge in [0.25, 0.3) is 0 Å². The van der Waals surface area contributed by atoms with E-state index in [2.05, 4.69) is 4.74 Å². The van der Waals surface area contributed by atoms with Gasteiger partial charge in [-0.3, -0.25) is 9.59 Å². The van der Waals surface area contributed by atoms with E-state index in [0.29, 0.717) is 0 Å². The maximum atomic E-state index is 11.8. The zero-order valence-electron chi connectivity index (χ0n) is 8.88. The van der Waals surface area contributed by atoms with Crippen LogP contribution < -0.4 is 0 Å². The molecule has 0 aliphatic heterocycles. The van der Waals surface area contributed by atoms with Crippen molar-refractivity contribution in [3.8, 4) is 0 Å². The highest BCUT2D eigenvalue weighted by Gasteiger charge is 2.29. The van der Waals surface area contributed by atoms with E-state index < -0.39 is 29.3 Å². The smallest absolute Gasteiger partial charge is 0.422 e.